The van der Waals surface area contributed by atoms with Crippen molar-refractivity contribution >= 4 is 16.8 Å². The highest BCUT2D eigenvalue weighted by Gasteiger charge is 2.41. The highest BCUT2D eigenvalue weighted by atomic mass is 19.1. The number of pyridine rings is 2. The number of aliphatic hydroxyl groups is 1. The van der Waals surface area contributed by atoms with Crippen LogP contribution in [0.1, 0.15) is 92.0 Å². The molecule has 3 atom stereocenters. The Balaban J connectivity index is 1.11. The number of aliphatic hydroxyl groups excluding tert-OH is 1. The van der Waals surface area contributed by atoms with Crippen LogP contribution in [0.2, 0.25) is 0 Å². The number of aryl methyl sites for hydroxylation is 1. The zero-order valence-electron chi connectivity index (χ0n) is 27.8. The van der Waals surface area contributed by atoms with Crippen molar-refractivity contribution in [2.24, 2.45) is 11.3 Å². The predicted octanol–water partition coefficient (Wildman–Crippen LogP) is 6.57. The van der Waals surface area contributed by atoms with Crippen LogP contribution < -0.4 is 5.32 Å². The van der Waals surface area contributed by atoms with Gasteiger partial charge < -0.3 is 15.3 Å². The largest absolute Gasteiger partial charge is 0.393 e. The second kappa shape index (κ2) is 13.2. The van der Waals surface area contributed by atoms with Crippen LogP contribution in [0, 0.1) is 17.2 Å². The first-order valence-corrected chi connectivity index (χ1v) is 17.4. The molecule has 1 saturated heterocycles. The van der Waals surface area contributed by atoms with E-state index in [9.17, 15) is 9.90 Å². The van der Waals surface area contributed by atoms with Gasteiger partial charge in [-0.2, -0.15) is 10.2 Å². The van der Waals surface area contributed by atoms with E-state index in [1.165, 1.54) is 6.07 Å². The summed E-state index contributed by atoms with van der Waals surface area (Å²) < 4.78 is 31.1. The minimum Gasteiger partial charge on any atom is -0.393 e. The van der Waals surface area contributed by atoms with Crippen LogP contribution in [-0.2, 0) is 12.8 Å². The minimum atomic E-state index is -1.33. The number of likely N-dealkylation sites (tertiary alicyclic amines) is 1. The molecule has 1 spiro atoms. The smallest absolute Gasteiger partial charge is 0.251 e. The second-order valence-electron chi connectivity index (χ2n) is 14.7. The summed E-state index contributed by atoms with van der Waals surface area (Å²) in [6, 6.07) is 10.1. The number of alkyl halides is 1. The molecule has 3 aliphatic rings. The molecule has 0 unspecified atom stereocenters. The van der Waals surface area contributed by atoms with E-state index in [-0.39, 0.29) is 46.9 Å². The molecule has 2 N–H and O–H groups in total. The molecule has 2 fully saturated rings. The summed E-state index contributed by atoms with van der Waals surface area (Å²) in [6.45, 7) is 6.48. The van der Waals surface area contributed by atoms with Crippen molar-refractivity contribution in [2.45, 2.75) is 89.4 Å². The Kier molecular flexibility index (Phi) is 8.98. The van der Waals surface area contributed by atoms with E-state index < -0.39 is 11.5 Å². The molecule has 2 aliphatic carbocycles. The normalized spacial score (nSPS) is 23.0. The van der Waals surface area contributed by atoms with Crippen LogP contribution in [0.15, 0.2) is 55.0 Å². The van der Waals surface area contributed by atoms with E-state index in [1.807, 2.05) is 38.1 Å². The van der Waals surface area contributed by atoms with Crippen molar-refractivity contribution in [1.82, 2.24) is 30.4 Å². The van der Waals surface area contributed by atoms with Crippen LogP contribution in [-0.4, -0.2) is 67.5 Å². The zero-order valence-corrected chi connectivity index (χ0v) is 27.8. The van der Waals surface area contributed by atoms with Gasteiger partial charge in [-0.05, 0) is 117 Å². The maximum Gasteiger partial charge on any atom is 0.251 e. The van der Waals surface area contributed by atoms with Gasteiger partial charge in [0.1, 0.15) is 17.0 Å². The lowest BCUT2D eigenvalue weighted by molar-refractivity contribution is 0.0820. The Labute approximate surface area is 280 Å². The number of amides is 1. The van der Waals surface area contributed by atoms with E-state index in [2.05, 4.69) is 30.4 Å². The molecule has 10 heteroatoms. The van der Waals surface area contributed by atoms with Gasteiger partial charge in [0.25, 0.3) is 5.91 Å². The summed E-state index contributed by atoms with van der Waals surface area (Å²) in [5, 5.41) is 21.6. The molecule has 1 amide bonds. The number of piperidine rings is 1. The summed E-state index contributed by atoms with van der Waals surface area (Å²) in [6.07, 6.45) is 11.7. The number of nitrogens with one attached hydrogen (secondary N) is 1. The van der Waals surface area contributed by atoms with E-state index in [4.69, 9.17) is 0 Å². The highest BCUT2D eigenvalue weighted by Crippen LogP contribution is 2.46. The van der Waals surface area contributed by atoms with E-state index >= 15 is 8.78 Å². The maximum atomic E-state index is 15.6. The fraction of sp³-hybridized carbons (Fsp3) is 0.500. The molecule has 4 heterocycles. The molecule has 1 saturated carbocycles. The van der Waals surface area contributed by atoms with Gasteiger partial charge in [0, 0.05) is 41.4 Å². The van der Waals surface area contributed by atoms with Crippen molar-refractivity contribution in [3.05, 3.63) is 83.2 Å². The van der Waals surface area contributed by atoms with Crippen molar-refractivity contribution in [1.29, 1.82) is 0 Å². The van der Waals surface area contributed by atoms with Gasteiger partial charge in [-0.15, -0.1) is 0 Å². The summed E-state index contributed by atoms with van der Waals surface area (Å²) in [4.78, 5) is 25.5. The molecule has 48 heavy (non-hydrogen) atoms. The topological polar surface area (TPSA) is 104 Å². The van der Waals surface area contributed by atoms with Crippen LogP contribution in [0.5, 0.6) is 0 Å². The first-order chi connectivity index (χ1) is 23.1. The third-order valence-corrected chi connectivity index (χ3v) is 11.3. The minimum absolute atomic E-state index is 0.140. The average Bonchev–Trinajstić information content (AvgIpc) is 3.46. The molecule has 252 valence electrons. The lowest BCUT2D eigenvalue weighted by Gasteiger charge is -2.39. The van der Waals surface area contributed by atoms with Gasteiger partial charge in [-0.25, -0.2) is 13.8 Å². The summed E-state index contributed by atoms with van der Waals surface area (Å²) in [5.74, 6) is -1.09. The molecule has 7 rings (SSSR count). The zero-order chi connectivity index (χ0) is 33.5. The fourth-order valence-corrected chi connectivity index (χ4v) is 8.03. The Morgan fingerprint density at radius 3 is 2.60 bits per heavy atom. The molecular weight excluding hydrogens is 610 g/mol. The number of rotatable bonds is 8. The number of fused-ring (bicyclic) bond motifs is 2. The molecular formula is C38H44F2N6O2. The van der Waals surface area contributed by atoms with Gasteiger partial charge in [0.2, 0.25) is 0 Å². The lowest BCUT2D eigenvalue weighted by Crippen LogP contribution is -2.41. The fourth-order valence-electron chi connectivity index (χ4n) is 8.03. The van der Waals surface area contributed by atoms with Gasteiger partial charge in [0.05, 0.1) is 30.2 Å². The summed E-state index contributed by atoms with van der Waals surface area (Å²) in [7, 11) is 0. The average molecular weight is 655 g/mol. The van der Waals surface area contributed by atoms with Gasteiger partial charge in [-0.1, -0.05) is 19.9 Å². The Hall–Kier alpha value is -3.89. The van der Waals surface area contributed by atoms with Crippen LogP contribution in [0.25, 0.3) is 22.2 Å². The number of aromatic nitrogens is 4. The summed E-state index contributed by atoms with van der Waals surface area (Å²) in [5.41, 5.74) is 3.31. The van der Waals surface area contributed by atoms with Crippen molar-refractivity contribution in [2.75, 3.05) is 19.6 Å². The Morgan fingerprint density at radius 1 is 1.08 bits per heavy atom. The third kappa shape index (κ3) is 6.69. The number of carbonyl (C=O) groups excluding carboxylic acids is 1. The number of nitrogens with zero attached hydrogens (tertiary/aromatic N) is 5. The third-order valence-electron chi connectivity index (χ3n) is 11.3. The van der Waals surface area contributed by atoms with Crippen LogP contribution in [0.3, 0.4) is 0 Å². The monoisotopic (exact) mass is 654 g/mol. The first kappa shape index (κ1) is 32.6. The number of benzene rings is 1. The lowest BCUT2D eigenvalue weighted by atomic mass is 9.77. The number of halogens is 2. The molecule has 0 bridgehead atoms. The molecule has 4 aromatic rings. The van der Waals surface area contributed by atoms with E-state index in [0.29, 0.717) is 24.6 Å². The van der Waals surface area contributed by atoms with Crippen molar-refractivity contribution < 1.29 is 18.7 Å². The quantitative estimate of drug-likeness (QED) is 0.222. The van der Waals surface area contributed by atoms with Crippen LogP contribution >= 0.6 is 0 Å². The molecule has 8 nitrogen and oxygen atoms in total. The molecule has 3 aromatic heterocycles. The number of carbonyl (C=O) groups is 1. The SMILES string of the molecule is CC(C)[C@]1(F)CCc2nc3c(F)cc(C(=O)N[C@H](CCN4CCC5(CC[C@H](O)C5)CC4)c4ccc(-c5ccnnc5)nc4)cc3cc2C1. The maximum absolute atomic E-state index is 15.6. The Morgan fingerprint density at radius 2 is 1.92 bits per heavy atom. The van der Waals surface area contributed by atoms with Gasteiger partial charge in [-0.3, -0.25) is 9.78 Å². The van der Waals surface area contributed by atoms with E-state index in [1.54, 1.807) is 24.7 Å². The standard InChI is InChI=1S/C38H44F2N6O2/c1-24(2)38(40)10-6-33-29(20-38)18-27-17-28(19-31(39)35(27)44-33)36(48)45-34(25-3-4-32(41-22-25)26-7-13-42-43-23-26)8-14-46-15-11-37(12-16-46)9-5-30(47)21-37/h3-4,7,13,17-19,22-24,30,34,47H,5-6,8-12,14-16,20-21H2,1-2H3,(H,45,48)/t30-,34+,38-/m0/s1. The molecule has 0 radical (unpaired) electrons. The second-order valence-corrected chi connectivity index (χ2v) is 14.7. The molecule has 1 aliphatic heterocycles. The molecule has 1 aromatic carbocycles. The number of hydrogen-bond acceptors (Lipinski definition) is 7. The van der Waals surface area contributed by atoms with Crippen molar-refractivity contribution in [3.63, 3.8) is 0 Å². The van der Waals surface area contributed by atoms with Gasteiger partial charge >= 0.3 is 0 Å². The van der Waals surface area contributed by atoms with Gasteiger partial charge in [0.15, 0.2) is 0 Å². The van der Waals surface area contributed by atoms with Crippen LogP contribution in [0.4, 0.5) is 8.78 Å². The van der Waals surface area contributed by atoms with Crippen molar-refractivity contribution in [3.8, 4) is 11.3 Å². The first-order valence-electron chi connectivity index (χ1n) is 17.4. The Bertz CT molecular complexity index is 1780. The predicted molar refractivity (Wildman–Crippen MR) is 180 cm³/mol. The number of hydrogen-bond donors (Lipinski definition) is 2. The summed E-state index contributed by atoms with van der Waals surface area (Å²) >= 11 is 0. The highest BCUT2D eigenvalue weighted by molar-refractivity contribution is 5.98. The van der Waals surface area contributed by atoms with E-state index in [0.717, 1.165) is 79.8 Å².